The average Bonchev–Trinajstić information content (AvgIpc) is 2.57. The van der Waals surface area contributed by atoms with Crippen molar-refractivity contribution in [2.45, 2.75) is 110 Å². The fourth-order valence-corrected chi connectivity index (χ4v) is 5.04. The van der Waals surface area contributed by atoms with E-state index in [0.29, 0.717) is 6.61 Å². The topological polar surface area (TPSA) is 20.2 Å². The van der Waals surface area contributed by atoms with Crippen LogP contribution in [-0.4, -0.2) is 23.2 Å². The summed E-state index contributed by atoms with van der Waals surface area (Å²) in [7, 11) is 4.11. The molecule has 1 nitrogen and oxygen atoms in total. The van der Waals surface area contributed by atoms with E-state index in [1.165, 1.54) is 108 Å². The Morgan fingerprint density at radius 2 is 0.826 bits per heavy atom. The van der Waals surface area contributed by atoms with E-state index in [-0.39, 0.29) is 0 Å². The molecule has 0 unspecified atom stereocenters. The van der Waals surface area contributed by atoms with E-state index >= 15 is 0 Å². The molecule has 0 aromatic carbocycles. The Hall–Kier alpha value is 0.660. The highest BCUT2D eigenvalue weighted by Gasteiger charge is 1.95. The van der Waals surface area contributed by atoms with Crippen LogP contribution in [-0.2, 0) is 0 Å². The van der Waals surface area contributed by atoms with Crippen molar-refractivity contribution in [3.8, 4) is 0 Å². The molecule has 140 valence electrons. The smallest absolute Gasteiger partial charge is 0.0431 e. The zero-order chi connectivity index (χ0) is 16.8. The zero-order valence-electron chi connectivity index (χ0n) is 15.7. The lowest BCUT2D eigenvalue weighted by Gasteiger charge is -2.03. The molecule has 0 aromatic rings. The summed E-state index contributed by atoms with van der Waals surface area (Å²) in [6, 6.07) is 0. The molecule has 0 bridgehead atoms. The van der Waals surface area contributed by atoms with E-state index in [0.717, 1.165) is 6.42 Å². The summed E-state index contributed by atoms with van der Waals surface area (Å²) < 4.78 is 0. The van der Waals surface area contributed by atoms with Crippen molar-refractivity contribution in [2.24, 2.45) is 0 Å². The molecule has 23 heavy (non-hydrogen) atoms. The molecule has 0 aliphatic heterocycles. The normalized spacial score (nSPS) is 11.2. The van der Waals surface area contributed by atoms with Gasteiger partial charge in [-0.3, -0.25) is 0 Å². The van der Waals surface area contributed by atoms with Crippen molar-refractivity contribution < 1.29 is 5.11 Å². The predicted molar refractivity (Wildman–Crippen MR) is 112 cm³/mol. The first-order valence-corrected chi connectivity index (χ1v) is 12.8. The molecule has 0 heterocycles. The van der Waals surface area contributed by atoms with Gasteiger partial charge in [-0.15, -0.1) is 0 Å². The Bertz CT molecular complexity index is 180. The highest BCUT2D eigenvalue weighted by Crippen LogP contribution is 2.24. The number of aliphatic hydroxyl groups excluding tert-OH is 1. The molecule has 0 atom stereocenters. The minimum atomic E-state index is 0.362. The van der Waals surface area contributed by atoms with Crippen LogP contribution in [0.15, 0.2) is 0 Å². The number of rotatable bonds is 20. The standard InChI is InChI=1S/C20H42OS2/c1-2-3-4-5-6-7-8-9-10-11-13-16-19-22-23-20-17-14-12-15-18-21/h21H,2-20H2,1H3. The lowest BCUT2D eigenvalue weighted by molar-refractivity contribution is 0.283. The Morgan fingerprint density at radius 1 is 0.478 bits per heavy atom. The summed E-state index contributed by atoms with van der Waals surface area (Å²) in [4.78, 5) is 0. The van der Waals surface area contributed by atoms with Crippen molar-refractivity contribution >= 4 is 21.6 Å². The molecular formula is C20H42OS2. The molecule has 0 saturated heterocycles. The fourth-order valence-electron chi connectivity index (χ4n) is 2.75. The van der Waals surface area contributed by atoms with Gasteiger partial charge in [0.15, 0.2) is 0 Å². The Balaban J connectivity index is 2.92. The quantitative estimate of drug-likeness (QED) is 0.178. The summed E-state index contributed by atoms with van der Waals surface area (Å²) in [6.45, 7) is 2.65. The second kappa shape index (κ2) is 22.7. The molecule has 0 aliphatic carbocycles. The molecule has 0 fully saturated rings. The summed E-state index contributed by atoms with van der Waals surface area (Å²) >= 11 is 0. The van der Waals surface area contributed by atoms with Crippen LogP contribution in [0.25, 0.3) is 0 Å². The maximum atomic E-state index is 8.70. The zero-order valence-corrected chi connectivity index (χ0v) is 17.3. The van der Waals surface area contributed by atoms with Crippen molar-refractivity contribution in [2.75, 3.05) is 18.1 Å². The van der Waals surface area contributed by atoms with Gasteiger partial charge in [-0.2, -0.15) is 0 Å². The first-order valence-electron chi connectivity index (χ1n) is 10.3. The monoisotopic (exact) mass is 362 g/mol. The van der Waals surface area contributed by atoms with Gasteiger partial charge in [-0.1, -0.05) is 112 Å². The maximum absolute atomic E-state index is 8.70. The minimum absolute atomic E-state index is 0.362. The number of aliphatic hydroxyl groups is 1. The van der Waals surface area contributed by atoms with Gasteiger partial charge in [0, 0.05) is 18.1 Å². The first kappa shape index (κ1) is 23.7. The lowest BCUT2D eigenvalue weighted by Crippen LogP contribution is -1.85. The van der Waals surface area contributed by atoms with Gasteiger partial charge in [0.1, 0.15) is 0 Å². The highest BCUT2D eigenvalue weighted by atomic mass is 33.1. The summed E-state index contributed by atoms with van der Waals surface area (Å²) in [6.07, 6.45) is 22.1. The Labute approximate surface area is 154 Å². The fraction of sp³-hybridized carbons (Fsp3) is 1.00. The summed E-state index contributed by atoms with van der Waals surface area (Å²) in [5, 5.41) is 8.70. The van der Waals surface area contributed by atoms with Crippen LogP contribution in [0, 0.1) is 0 Å². The molecule has 0 amide bonds. The van der Waals surface area contributed by atoms with E-state index in [1.807, 2.05) is 10.8 Å². The van der Waals surface area contributed by atoms with Crippen LogP contribution in [0.4, 0.5) is 0 Å². The first-order chi connectivity index (χ1) is 11.4. The Morgan fingerprint density at radius 3 is 1.22 bits per heavy atom. The van der Waals surface area contributed by atoms with Crippen molar-refractivity contribution in [3.05, 3.63) is 0 Å². The predicted octanol–water partition coefficient (Wildman–Crippen LogP) is 7.62. The second-order valence-electron chi connectivity index (χ2n) is 6.67. The van der Waals surface area contributed by atoms with Gasteiger partial charge in [-0.25, -0.2) is 0 Å². The van der Waals surface area contributed by atoms with Gasteiger partial charge in [-0.05, 0) is 19.3 Å². The van der Waals surface area contributed by atoms with Crippen LogP contribution < -0.4 is 0 Å². The van der Waals surface area contributed by atoms with Crippen LogP contribution in [0.5, 0.6) is 0 Å². The number of hydrogen-bond donors (Lipinski definition) is 1. The van der Waals surface area contributed by atoms with Crippen molar-refractivity contribution in [1.82, 2.24) is 0 Å². The van der Waals surface area contributed by atoms with Crippen LogP contribution in [0.1, 0.15) is 110 Å². The third kappa shape index (κ3) is 22.7. The minimum Gasteiger partial charge on any atom is -0.396 e. The van der Waals surface area contributed by atoms with Crippen molar-refractivity contribution in [1.29, 1.82) is 0 Å². The maximum Gasteiger partial charge on any atom is 0.0431 e. The molecule has 1 N–H and O–H groups in total. The summed E-state index contributed by atoms with van der Waals surface area (Å²) in [5.74, 6) is 2.62. The third-order valence-corrected chi connectivity index (χ3v) is 6.88. The van der Waals surface area contributed by atoms with Gasteiger partial charge in [0.25, 0.3) is 0 Å². The molecule has 0 rings (SSSR count). The second-order valence-corrected chi connectivity index (χ2v) is 9.37. The molecule has 3 heteroatoms. The number of unbranched alkanes of at least 4 members (excludes halogenated alkanes) is 14. The Kier molecular flexibility index (Phi) is 23.3. The van der Waals surface area contributed by atoms with Crippen LogP contribution in [0.2, 0.25) is 0 Å². The summed E-state index contributed by atoms with van der Waals surface area (Å²) in [5.41, 5.74) is 0. The van der Waals surface area contributed by atoms with E-state index in [4.69, 9.17) is 5.11 Å². The molecule has 0 radical (unpaired) electrons. The van der Waals surface area contributed by atoms with Gasteiger partial charge >= 0.3 is 0 Å². The largest absolute Gasteiger partial charge is 0.396 e. The van der Waals surface area contributed by atoms with Crippen LogP contribution in [0.3, 0.4) is 0 Å². The van der Waals surface area contributed by atoms with Gasteiger partial charge in [0.2, 0.25) is 0 Å². The van der Waals surface area contributed by atoms with E-state index < -0.39 is 0 Å². The molecule has 0 aromatic heterocycles. The molecule has 0 saturated carbocycles. The van der Waals surface area contributed by atoms with Crippen molar-refractivity contribution in [3.63, 3.8) is 0 Å². The highest BCUT2D eigenvalue weighted by molar-refractivity contribution is 8.76. The molecule has 0 aliphatic rings. The van der Waals surface area contributed by atoms with Gasteiger partial charge < -0.3 is 5.11 Å². The SMILES string of the molecule is CCCCCCCCCCCCCCSSCCCCCCO. The van der Waals surface area contributed by atoms with E-state index in [2.05, 4.69) is 17.7 Å². The molecule has 0 spiro atoms. The van der Waals surface area contributed by atoms with Gasteiger partial charge in [0.05, 0.1) is 0 Å². The van der Waals surface area contributed by atoms with E-state index in [9.17, 15) is 0 Å². The lowest BCUT2D eigenvalue weighted by atomic mass is 10.1. The average molecular weight is 363 g/mol. The number of hydrogen-bond acceptors (Lipinski definition) is 3. The molecular weight excluding hydrogens is 320 g/mol. The van der Waals surface area contributed by atoms with E-state index in [1.54, 1.807) is 0 Å². The third-order valence-electron chi connectivity index (χ3n) is 4.30. The van der Waals surface area contributed by atoms with Crippen LogP contribution >= 0.6 is 21.6 Å².